The molecule has 2 aromatic carbocycles. The van der Waals surface area contributed by atoms with Crippen LogP contribution in [0.2, 0.25) is 0 Å². The maximum atomic E-state index is 12.8. The Bertz CT molecular complexity index is 1140. The molecule has 0 radical (unpaired) electrons. The monoisotopic (exact) mass is 477 g/mol. The number of amides is 1. The fraction of sp³-hybridized carbons (Fsp3) is 0.385. The van der Waals surface area contributed by atoms with Gasteiger partial charge in [0, 0.05) is 30.6 Å². The number of benzene rings is 2. The van der Waals surface area contributed by atoms with Crippen molar-refractivity contribution in [2.24, 2.45) is 5.41 Å². The molecule has 172 valence electrons. The van der Waals surface area contributed by atoms with Gasteiger partial charge in [0.15, 0.2) is 10.9 Å². The molecule has 2 aliphatic heterocycles. The quantitative estimate of drug-likeness (QED) is 0.522. The molecule has 5 nitrogen and oxygen atoms in total. The predicted octanol–water partition coefficient (Wildman–Crippen LogP) is 3.94. The number of carbonyl (C=O) groups is 1. The summed E-state index contributed by atoms with van der Waals surface area (Å²) < 4.78 is 6.71. The SMILES string of the molecule is CC(C)(C)C1(c2ccccc2)CN(c2nc(C(=O)N3CCC3)cs2)C1(O[SiH3])c1ccccc1. The number of hydrogen-bond acceptors (Lipinski definition) is 5. The van der Waals surface area contributed by atoms with E-state index < -0.39 is 5.72 Å². The molecule has 7 heteroatoms. The fourth-order valence-electron chi connectivity index (χ4n) is 5.62. The Morgan fingerprint density at radius 3 is 2.15 bits per heavy atom. The van der Waals surface area contributed by atoms with E-state index in [1.165, 1.54) is 16.9 Å². The van der Waals surface area contributed by atoms with Crippen LogP contribution in [0.15, 0.2) is 66.0 Å². The molecule has 33 heavy (non-hydrogen) atoms. The summed E-state index contributed by atoms with van der Waals surface area (Å²) in [7, 11) is 0.558. The molecule has 2 atom stereocenters. The van der Waals surface area contributed by atoms with Crippen molar-refractivity contribution in [2.45, 2.75) is 38.3 Å². The Hall–Kier alpha value is -2.48. The lowest BCUT2D eigenvalue weighted by atomic mass is 9.50. The molecule has 5 rings (SSSR count). The van der Waals surface area contributed by atoms with Gasteiger partial charge in [0.25, 0.3) is 5.91 Å². The molecule has 0 saturated carbocycles. The molecule has 3 heterocycles. The van der Waals surface area contributed by atoms with E-state index in [2.05, 4.69) is 80.3 Å². The van der Waals surface area contributed by atoms with Crippen molar-refractivity contribution >= 4 is 32.9 Å². The maximum Gasteiger partial charge on any atom is 0.273 e. The normalized spacial score (nSPS) is 24.9. The molecular formula is C26H31N3O2SSi. The number of rotatable bonds is 5. The zero-order valence-corrected chi connectivity index (χ0v) is 22.6. The number of hydrogen-bond donors (Lipinski definition) is 0. The van der Waals surface area contributed by atoms with Gasteiger partial charge in [-0.2, -0.15) is 0 Å². The lowest BCUT2D eigenvalue weighted by Gasteiger charge is -2.70. The second-order valence-electron chi connectivity index (χ2n) is 9.98. The highest BCUT2D eigenvalue weighted by Crippen LogP contribution is 2.64. The van der Waals surface area contributed by atoms with Crippen molar-refractivity contribution in [1.29, 1.82) is 0 Å². The lowest BCUT2D eigenvalue weighted by Crippen LogP contribution is -2.79. The third-order valence-corrected chi connectivity index (χ3v) is 8.90. The molecule has 0 N–H and O–H groups in total. The number of nitrogens with zero attached hydrogens (tertiary/aromatic N) is 3. The minimum atomic E-state index is -0.699. The minimum Gasteiger partial charge on any atom is -0.402 e. The molecule has 2 aliphatic rings. The highest BCUT2D eigenvalue weighted by molar-refractivity contribution is 7.14. The molecule has 0 spiro atoms. The average Bonchev–Trinajstić information content (AvgIpc) is 3.23. The summed E-state index contributed by atoms with van der Waals surface area (Å²) in [5.41, 5.74) is 1.83. The van der Waals surface area contributed by atoms with E-state index in [0.29, 0.717) is 16.2 Å². The standard InChI is InChI=1S/C26H31N3O2SSi/c1-24(2,3)25(19-11-6-4-7-12-19)18-29(26(25,31-33)20-13-8-5-9-14-20)23-27-21(17-32-23)22(30)28-15-10-16-28/h4-9,11-14,17H,10,15-16,18H2,1-3,33H3. The van der Waals surface area contributed by atoms with E-state index >= 15 is 0 Å². The van der Waals surface area contributed by atoms with E-state index in [1.807, 2.05) is 16.3 Å². The lowest BCUT2D eigenvalue weighted by molar-refractivity contribution is -0.130. The second-order valence-corrected chi connectivity index (χ2v) is 11.2. The molecule has 0 bridgehead atoms. The van der Waals surface area contributed by atoms with E-state index in [4.69, 9.17) is 9.41 Å². The summed E-state index contributed by atoms with van der Waals surface area (Å²) in [6.45, 7) is 9.33. The van der Waals surface area contributed by atoms with Gasteiger partial charge in [-0.25, -0.2) is 4.98 Å². The summed E-state index contributed by atoms with van der Waals surface area (Å²) in [6.07, 6.45) is 1.07. The summed E-state index contributed by atoms with van der Waals surface area (Å²) in [5, 5.41) is 2.74. The first-order valence-electron chi connectivity index (χ1n) is 11.5. The average molecular weight is 478 g/mol. The van der Waals surface area contributed by atoms with Crippen LogP contribution >= 0.6 is 11.3 Å². The third-order valence-electron chi connectivity index (χ3n) is 7.45. The number of thiazole rings is 1. The fourth-order valence-corrected chi connectivity index (χ4v) is 7.27. The molecule has 2 unspecified atom stereocenters. The Kier molecular flexibility index (Phi) is 5.46. The van der Waals surface area contributed by atoms with Crippen LogP contribution in [-0.2, 0) is 15.6 Å². The first-order chi connectivity index (χ1) is 15.8. The first kappa shape index (κ1) is 22.3. The Morgan fingerprint density at radius 2 is 1.64 bits per heavy atom. The van der Waals surface area contributed by atoms with Crippen LogP contribution in [0.3, 0.4) is 0 Å². The minimum absolute atomic E-state index is 0.0338. The number of carbonyl (C=O) groups excluding carboxylic acids is 1. The van der Waals surface area contributed by atoms with E-state index in [0.717, 1.165) is 36.8 Å². The van der Waals surface area contributed by atoms with Gasteiger partial charge in [0.1, 0.15) is 16.2 Å². The Labute approximate surface area is 202 Å². The van der Waals surface area contributed by atoms with Crippen molar-refractivity contribution < 1.29 is 9.22 Å². The Balaban J connectivity index is 1.66. The van der Waals surface area contributed by atoms with Crippen molar-refractivity contribution in [3.63, 3.8) is 0 Å². The van der Waals surface area contributed by atoms with E-state index in [-0.39, 0.29) is 16.7 Å². The van der Waals surface area contributed by atoms with Crippen LogP contribution in [0.1, 0.15) is 48.8 Å². The number of anilines is 1. The molecule has 1 amide bonds. The summed E-state index contributed by atoms with van der Waals surface area (Å²) in [4.78, 5) is 21.8. The zero-order valence-electron chi connectivity index (χ0n) is 19.7. The molecule has 2 fully saturated rings. The summed E-state index contributed by atoms with van der Waals surface area (Å²) >= 11 is 1.54. The summed E-state index contributed by atoms with van der Waals surface area (Å²) in [5.74, 6) is 0.0338. The van der Waals surface area contributed by atoms with Crippen LogP contribution < -0.4 is 4.90 Å². The van der Waals surface area contributed by atoms with Crippen LogP contribution in [-0.4, -0.2) is 45.9 Å². The topological polar surface area (TPSA) is 45.7 Å². The van der Waals surface area contributed by atoms with Gasteiger partial charge in [0.05, 0.1) is 5.41 Å². The largest absolute Gasteiger partial charge is 0.402 e. The van der Waals surface area contributed by atoms with Gasteiger partial charge >= 0.3 is 0 Å². The van der Waals surface area contributed by atoms with Crippen LogP contribution in [0.25, 0.3) is 0 Å². The van der Waals surface area contributed by atoms with Gasteiger partial charge in [-0.1, -0.05) is 81.4 Å². The van der Waals surface area contributed by atoms with Gasteiger partial charge in [-0.15, -0.1) is 11.3 Å². The van der Waals surface area contributed by atoms with Crippen LogP contribution in [0, 0.1) is 5.41 Å². The predicted molar refractivity (Wildman–Crippen MR) is 137 cm³/mol. The van der Waals surface area contributed by atoms with Crippen molar-refractivity contribution in [2.75, 3.05) is 24.5 Å². The van der Waals surface area contributed by atoms with Gasteiger partial charge < -0.3 is 14.2 Å². The van der Waals surface area contributed by atoms with E-state index in [1.54, 1.807) is 0 Å². The Morgan fingerprint density at radius 1 is 1.03 bits per heavy atom. The van der Waals surface area contributed by atoms with Crippen LogP contribution in [0.4, 0.5) is 5.13 Å². The van der Waals surface area contributed by atoms with Crippen molar-refractivity contribution in [3.05, 3.63) is 82.9 Å². The maximum absolute atomic E-state index is 12.8. The summed E-state index contributed by atoms with van der Waals surface area (Å²) in [6, 6.07) is 21.3. The molecule has 2 saturated heterocycles. The van der Waals surface area contributed by atoms with Crippen molar-refractivity contribution in [1.82, 2.24) is 9.88 Å². The molecule has 0 aliphatic carbocycles. The molecule has 1 aromatic heterocycles. The van der Waals surface area contributed by atoms with Crippen LogP contribution in [0.5, 0.6) is 0 Å². The number of aromatic nitrogens is 1. The molecule has 3 aromatic rings. The van der Waals surface area contributed by atoms with E-state index in [9.17, 15) is 4.79 Å². The van der Waals surface area contributed by atoms with Crippen molar-refractivity contribution in [3.8, 4) is 0 Å². The first-order valence-corrected chi connectivity index (χ1v) is 13.2. The van der Waals surface area contributed by atoms with Gasteiger partial charge in [0.2, 0.25) is 0 Å². The van der Waals surface area contributed by atoms with Gasteiger partial charge in [-0.3, -0.25) is 4.79 Å². The molecular weight excluding hydrogens is 446 g/mol. The highest BCUT2D eigenvalue weighted by atomic mass is 32.1. The third kappa shape index (κ3) is 3.13. The van der Waals surface area contributed by atoms with Gasteiger partial charge in [-0.05, 0) is 17.4 Å². The second kappa shape index (κ2) is 8.08. The zero-order chi connectivity index (χ0) is 23.3. The number of likely N-dealkylation sites (tertiary alicyclic amines) is 1. The smallest absolute Gasteiger partial charge is 0.273 e. The highest BCUT2D eigenvalue weighted by Gasteiger charge is 2.71.